The van der Waals surface area contributed by atoms with Gasteiger partial charge in [-0.15, -0.1) is 0 Å². The smallest absolute Gasteiger partial charge is 0.223 e. The van der Waals surface area contributed by atoms with Crippen molar-refractivity contribution in [1.29, 1.82) is 0 Å². The van der Waals surface area contributed by atoms with E-state index >= 15 is 0 Å². The van der Waals surface area contributed by atoms with Gasteiger partial charge in [0.25, 0.3) is 0 Å². The normalized spacial score (nSPS) is 28.1. The second-order valence-electron chi connectivity index (χ2n) is 7.11. The van der Waals surface area contributed by atoms with Crippen LogP contribution in [0.2, 0.25) is 0 Å². The number of hydrogen-bond donors (Lipinski definition) is 2. The Balaban J connectivity index is 1.98. The molecule has 0 heterocycles. The average Bonchev–Trinajstić information content (AvgIpc) is 2.44. The predicted molar refractivity (Wildman–Crippen MR) is 86.7 cm³/mol. The van der Waals surface area contributed by atoms with Gasteiger partial charge >= 0.3 is 0 Å². The van der Waals surface area contributed by atoms with E-state index in [4.69, 9.17) is 5.73 Å². The van der Waals surface area contributed by atoms with Crippen LogP contribution in [0.3, 0.4) is 0 Å². The van der Waals surface area contributed by atoms with Crippen molar-refractivity contribution >= 4 is 5.91 Å². The van der Waals surface area contributed by atoms with E-state index < -0.39 is 0 Å². The van der Waals surface area contributed by atoms with E-state index in [1.807, 2.05) is 0 Å². The maximum Gasteiger partial charge on any atom is 0.223 e. The van der Waals surface area contributed by atoms with Gasteiger partial charge in [-0.05, 0) is 36.7 Å². The SMILES string of the molecule is Cc1ccc(CNC(=O)C2CCC(N)C(C)C2(C)C)cc1. The van der Waals surface area contributed by atoms with Gasteiger partial charge in [0.2, 0.25) is 5.91 Å². The van der Waals surface area contributed by atoms with Crippen molar-refractivity contribution in [3.8, 4) is 0 Å². The highest BCUT2D eigenvalue weighted by molar-refractivity contribution is 5.79. The number of nitrogens with two attached hydrogens (primary N) is 1. The lowest BCUT2D eigenvalue weighted by atomic mass is 9.61. The highest BCUT2D eigenvalue weighted by atomic mass is 16.1. The van der Waals surface area contributed by atoms with Gasteiger partial charge in [0.1, 0.15) is 0 Å². The Hall–Kier alpha value is -1.35. The number of amides is 1. The first-order valence-electron chi connectivity index (χ1n) is 7.91. The number of aryl methyl sites for hydroxylation is 1. The number of carbonyl (C=O) groups is 1. The molecular formula is C18H28N2O. The van der Waals surface area contributed by atoms with E-state index in [-0.39, 0.29) is 23.3 Å². The van der Waals surface area contributed by atoms with E-state index in [0.717, 1.165) is 18.4 Å². The molecule has 1 aromatic rings. The Bertz CT molecular complexity index is 492. The Labute approximate surface area is 128 Å². The van der Waals surface area contributed by atoms with Crippen LogP contribution in [-0.2, 0) is 11.3 Å². The van der Waals surface area contributed by atoms with Crippen LogP contribution in [0.5, 0.6) is 0 Å². The molecule has 2 rings (SSSR count). The second kappa shape index (κ2) is 6.18. The van der Waals surface area contributed by atoms with Gasteiger partial charge in [0.15, 0.2) is 0 Å². The predicted octanol–water partition coefficient (Wildman–Crippen LogP) is 3.01. The van der Waals surface area contributed by atoms with Crippen molar-refractivity contribution in [2.24, 2.45) is 23.0 Å². The molecule has 116 valence electrons. The van der Waals surface area contributed by atoms with Crippen LogP contribution in [0.25, 0.3) is 0 Å². The van der Waals surface area contributed by atoms with Gasteiger partial charge in [-0.3, -0.25) is 4.79 Å². The summed E-state index contributed by atoms with van der Waals surface area (Å²) in [7, 11) is 0. The van der Waals surface area contributed by atoms with Crippen molar-refractivity contribution < 1.29 is 4.79 Å². The molecule has 3 N–H and O–H groups in total. The zero-order chi connectivity index (χ0) is 15.6. The topological polar surface area (TPSA) is 55.1 Å². The summed E-state index contributed by atoms with van der Waals surface area (Å²) in [6, 6.07) is 8.50. The van der Waals surface area contributed by atoms with Crippen LogP contribution in [-0.4, -0.2) is 11.9 Å². The molecule has 21 heavy (non-hydrogen) atoms. The molecule has 1 fully saturated rings. The molecule has 0 aliphatic heterocycles. The third kappa shape index (κ3) is 3.46. The first-order chi connectivity index (χ1) is 9.82. The largest absolute Gasteiger partial charge is 0.352 e. The Kier molecular flexibility index (Phi) is 4.72. The molecule has 1 aliphatic rings. The molecule has 1 aliphatic carbocycles. The Morgan fingerprint density at radius 2 is 1.90 bits per heavy atom. The molecule has 1 aromatic carbocycles. The highest BCUT2D eigenvalue weighted by Gasteiger charge is 2.44. The minimum Gasteiger partial charge on any atom is -0.352 e. The molecule has 0 aromatic heterocycles. The van der Waals surface area contributed by atoms with Gasteiger partial charge in [-0.2, -0.15) is 0 Å². The maximum atomic E-state index is 12.6. The van der Waals surface area contributed by atoms with Crippen LogP contribution in [0.1, 0.15) is 44.7 Å². The minimum absolute atomic E-state index is 0.0466. The number of benzene rings is 1. The van der Waals surface area contributed by atoms with Gasteiger partial charge in [-0.25, -0.2) is 0 Å². The Morgan fingerprint density at radius 1 is 1.29 bits per heavy atom. The van der Waals surface area contributed by atoms with Gasteiger partial charge < -0.3 is 11.1 Å². The standard InChI is InChI=1S/C18H28N2O/c1-12-5-7-14(8-6-12)11-20-17(21)15-9-10-16(19)13(2)18(15,3)4/h5-8,13,15-16H,9-11,19H2,1-4H3,(H,20,21). The van der Waals surface area contributed by atoms with Crippen LogP contribution in [0.15, 0.2) is 24.3 Å². The summed E-state index contributed by atoms with van der Waals surface area (Å²) in [4.78, 5) is 12.6. The molecule has 3 heteroatoms. The molecule has 0 saturated heterocycles. The number of nitrogens with one attached hydrogen (secondary N) is 1. The minimum atomic E-state index is -0.0466. The van der Waals surface area contributed by atoms with Crippen molar-refractivity contribution in [3.05, 3.63) is 35.4 Å². The molecule has 3 unspecified atom stereocenters. The quantitative estimate of drug-likeness (QED) is 0.898. The summed E-state index contributed by atoms with van der Waals surface area (Å²) in [6.07, 6.45) is 1.82. The molecule has 1 saturated carbocycles. The molecule has 0 spiro atoms. The lowest BCUT2D eigenvalue weighted by Gasteiger charge is -2.46. The van der Waals surface area contributed by atoms with Crippen molar-refractivity contribution in [1.82, 2.24) is 5.32 Å². The summed E-state index contributed by atoms with van der Waals surface area (Å²) < 4.78 is 0. The summed E-state index contributed by atoms with van der Waals surface area (Å²) in [5.41, 5.74) is 8.50. The van der Waals surface area contributed by atoms with Crippen molar-refractivity contribution in [2.45, 2.75) is 53.1 Å². The summed E-state index contributed by atoms with van der Waals surface area (Å²) in [6.45, 7) is 9.19. The van der Waals surface area contributed by atoms with E-state index in [1.165, 1.54) is 5.56 Å². The third-order valence-electron chi connectivity index (χ3n) is 5.41. The first kappa shape index (κ1) is 16.0. The highest BCUT2D eigenvalue weighted by Crippen LogP contribution is 2.44. The van der Waals surface area contributed by atoms with Gasteiger partial charge in [0.05, 0.1) is 0 Å². The van der Waals surface area contributed by atoms with Gasteiger partial charge in [0, 0.05) is 18.5 Å². The van der Waals surface area contributed by atoms with E-state index in [2.05, 4.69) is 57.3 Å². The van der Waals surface area contributed by atoms with E-state index in [9.17, 15) is 4.79 Å². The summed E-state index contributed by atoms with van der Waals surface area (Å²) in [5.74, 6) is 0.582. The zero-order valence-corrected chi connectivity index (χ0v) is 13.6. The molecule has 0 bridgehead atoms. The van der Waals surface area contributed by atoms with Gasteiger partial charge in [-0.1, -0.05) is 50.6 Å². The van der Waals surface area contributed by atoms with Crippen molar-refractivity contribution in [2.75, 3.05) is 0 Å². The van der Waals surface area contributed by atoms with Crippen LogP contribution in [0, 0.1) is 24.2 Å². The fourth-order valence-corrected chi connectivity index (χ4v) is 3.34. The van der Waals surface area contributed by atoms with Crippen LogP contribution < -0.4 is 11.1 Å². The first-order valence-corrected chi connectivity index (χ1v) is 7.91. The molecular weight excluding hydrogens is 260 g/mol. The third-order valence-corrected chi connectivity index (χ3v) is 5.41. The summed E-state index contributed by atoms with van der Waals surface area (Å²) >= 11 is 0. The lowest BCUT2D eigenvalue weighted by Crippen LogP contribution is -2.51. The maximum absolute atomic E-state index is 12.6. The zero-order valence-electron chi connectivity index (χ0n) is 13.6. The second-order valence-corrected chi connectivity index (χ2v) is 7.11. The fraction of sp³-hybridized carbons (Fsp3) is 0.611. The molecule has 3 atom stereocenters. The average molecular weight is 288 g/mol. The van der Waals surface area contributed by atoms with E-state index in [0.29, 0.717) is 12.5 Å². The monoisotopic (exact) mass is 288 g/mol. The lowest BCUT2D eigenvalue weighted by molar-refractivity contribution is -0.132. The summed E-state index contributed by atoms with van der Waals surface area (Å²) in [5, 5.41) is 3.10. The molecule has 0 radical (unpaired) electrons. The number of carbonyl (C=O) groups excluding carboxylic acids is 1. The van der Waals surface area contributed by atoms with Crippen LogP contribution in [0.4, 0.5) is 0 Å². The van der Waals surface area contributed by atoms with Crippen molar-refractivity contribution in [3.63, 3.8) is 0 Å². The molecule has 1 amide bonds. The molecule has 3 nitrogen and oxygen atoms in total. The Morgan fingerprint density at radius 3 is 2.52 bits per heavy atom. The number of rotatable bonds is 3. The number of hydrogen-bond acceptors (Lipinski definition) is 2. The van der Waals surface area contributed by atoms with Crippen LogP contribution >= 0.6 is 0 Å². The van der Waals surface area contributed by atoms with E-state index in [1.54, 1.807) is 0 Å². The fourth-order valence-electron chi connectivity index (χ4n) is 3.34.